The maximum atomic E-state index is 12.9. The minimum absolute atomic E-state index is 0.168. The Balaban J connectivity index is 1.61. The molecule has 1 N–H and O–H groups in total. The second kappa shape index (κ2) is 9.27. The number of carbonyl (C=O) groups excluding carboxylic acids is 1. The van der Waals surface area contributed by atoms with Gasteiger partial charge in [0.15, 0.2) is 0 Å². The first-order chi connectivity index (χ1) is 13.4. The predicted molar refractivity (Wildman–Crippen MR) is 113 cm³/mol. The molecular formula is C20H19BrFN3O2S. The maximum absolute atomic E-state index is 12.9. The van der Waals surface area contributed by atoms with Gasteiger partial charge < -0.3 is 10.1 Å². The Morgan fingerprint density at radius 2 is 2.04 bits per heavy atom. The number of hydrogen-bond acceptors (Lipinski definition) is 5. The Bertz CT molecular complexity index is 962. The van der Waals surface area contributed by atoms with Gasteiger partial charge in [-0.2, -0.15) is 0 Å². The molecule has 0 atom stereocenters. The molecule has 0 radical (unpaired) electrons. The topological polar surface area (TPSA) is 54.5 Å². The van der Waals surface area contributed by atoms with Crippen LogP contribution in [0.2, 0.25) is 0 Å². The van der Waals surface area contributed by atoms with Crippen LogP contribution in [0.1, 0.15) is 5.69 Å². The van der Waals surface area contributed by atoms with Gasteiger partial charge >= 0.3 is 0 Å². The van der Waals surface area contributed by atoms with Crippen LogP contribution >= 0.6 is 27.3 Å². The number of hydrogen-bond donors (Lipinski definition) is 1. The maximum Gasteiger partial charge on any atom is 0.238 e. The summed E-state index contributed by atoms with van der Waals surface area (Å²) >= 11 is 5.01. The van der Waals surface area contributed by atoms with Crippen molar-refractivity contribution in [3.05, 3.63) is 63.8 Å². The van der Waals surface area contributed by atoms with E-state index in [4.69, 9.17) is 4.74 Å². The third-order valence-corrected chi connectivity index (χ3v) is 5.33. The predicted octanol–water partition coefficient (Wildman–Crippen LogP) is 4.79. The summed E-state index contributed by atoms with van der Waals surface area (Å²) in [5, 5.41) is 5.59. The molecule has 0 fully saturated rings. The van der Waals surface area contributed by atoms with Gasteiger partial charge in [0, 0.05) is 22.1 Å². The molecule has 5 nitrogen and oxygen atoms in total. The molecule has 0 bridgehead atoms. The molecule has 1 aromatic heterocycles. The lowest BCUT2D eigenvalue weighted by atomic mass is 10.2. The molecule has 8 heteroatoms. The number of methoxy groups -OCH3 is 1. The first kappa shape index (κ1) is 20.4. The number of aromatic nitrogens is 1. The van der Waals surface area contributed by atoms with Gasteiger partial charge in [0.05, 0.1) is 24.9 Å². The molecule has 3 aromatic rings. The van der Waals surface area contributed by atoms with Gasteiger partial charge in [0.25, 0.3) is 0 Å². The Morgan fingerprint density at radius 3 is 2.75 bits per heavy atom. The van der Waals surface area contributed by atoms with Gasteiger partial charge in [-0.25, -0.2) is 9.37 Å². The van der Waals surface area contributed by atoms with Gasteiger partial charge in [0.2, 0.25) is 5.91 Å². The lowest BCUT2D eigenvalue weighted by molar-refractivity contribution is -0.117. The summed E-state index contributed by atoms with van der Waals surface area (Å²) in [4.78, 5) is 18.7. The van der Waals surface area contributed by atoms with Crippen molar-refractivity contribution < 1.29 is 13.9 Å². The van der Waals surface area contributed by atoms with E-state index in [2.05, 4.69) is 26.2 Å². The molecule has 146 valence electrons. The van der Waals surface area contributed by atoms with Crippen molar-refractivity contribution in [2.24, 2.45) is 0 Å². The molecule has 0 aliphatic heterocycles. The minimum Gasteiger partial charge on any atom is -0.496 e. The number of nitrogens with zero attached hydrogens (tertiary/aromatic N) is 2. The van der Waals surface area contributed by atoms with Gasteiger partial charge in [-0.15, -0.1) is 11.3 Å². The third kappa shape index (κ3) is 5.37. The number of nitrogens with one attached hydrogen (secondary N) is 1. The minimum atomic E-state index is -0.337. The summed E-state index contributed by atoms with van der Waals surface area (Å²) < 4.78 is 19.3. The zero-order valence-electron chi connectivity index (χ0n) is 15.4. The van der Waals surface area contributed by atoms with Gasteiger partial charge in [0.1, 0.15) is 16.6 Å². The second-order valence-electron chi connectivity index (χ2n) is 6.22. The molecular weight excluding hydrogens is 445 g/mol. The van der Waals surface area contributed by atoms with E-state index in [1.165, 1.54) is 35.6 Å². The largest absolute Gasteiger partial charge is 0.496 e. The van der Waals surface area contributed by atoms with Crippen LogP contribution in [-0.2, 0) is 11.3 Å². The van der Waals surface area contributed by atoms with Crippen LogP contribution in [0.4, 0.5) is 10.1 Å². The van der Waals surface area contributed by atoms with Crippen molar-refractivity contribution in [2.45, 2.75) is 6.54 Å². The Hall–Kier alpha value is -2.29. The molecule has 0 aliphatic carbocycles. The first-order valence-corrected chi connectivity index (χ1v) is 10.1. The Kier molecular flexibility index (Phi) is 6.77. The average molecular weight is 464 g/mol. The van der Waals surface area contributed by atoms with Crippen LogP contribution in [0, 0.1) is 5.82 Å². The molecule has 0 aliphatic rings. The quantitative estimate of drug-likeness (QED) is 0.547. The fourth-order valence-electron chi connectivity index (χ4n) is 2.66. The zero-order chi connectivity index (χ0) is 20.1. The number of anilines is 1. The number of benzene rings is 2. The smallest absolute Gasteiger partial charge is 0.238 e. The highest BCUT2D eigenvalue weighted by Crippen LogP contribution is 2.34. The summed E-state index contributed by atoms with van der Waals surface area (Å²) in [7, 11) is 3.48. The van der Waals surface area contributed by atoms with E-state index in [-0.39, 0.29) is 18.3 Å². The number of ether oxygens (including phenoxy) is 1. The summed E-state index contributed by atoms with van der Waals surface area (Å²) in [6, 6.07) is 11.5. The van der Waals surface area contributed by atoms with Crippen molar-refractivity contribution in [2.75, 3.05) is 26.0 Å². The Labute approximate surface area is 175 Å². The van der Waals surface area contributed by atoms with Crippen molar-refractivity contribution in [3.63, 3.8) is 0 Å². The summed E-state index contributed by atoms with van der Waals surface area (Å²) in [5.41, 5.74) is 2.36. The van der Waals surface area contributed by atoms with Crippen LogP contribution in [0.5, 0.6) is 5.75 Å². The highest BCUT2D eigenvalue weighted by Gasteiger charge is 2.13. The summed E-state index contributed by atoms with van der Waals surface area (Å²) in [5.74, 6) is 0.255. The van der Waals surface area contributed by atoms with Crippen LogP contribution in [0.25, 0.3) is 10.6 Å². The van der Waals surface area contributed by atoms with E-state index in [0.29, 0.717) is 12.2 Å². The molecule has 1 heterocycles. The average Bonchev–Trinajstić information content (AvgIpc) is 3.11. The standard InChI is InChI=1S/C20H19BrFN3O2S/c1-25(11-19(26)23-15-6-4-14(22)5-7-15)10-16-12-28-20(24-16)17-9-13(21)3-8-18(17)27-2/h3-9,12H,10-11H2,1-2H3,(H,23,26). The Morgan fingerprint density at radius 1 is 1.29 bits per heavy atom. The lowest BCUT2D eigenvalue weighted by Crippen LogP contribution is -2.29. The molecule has 0 saturated heterocycles. The highest BCUT2D eigenvalue weighted by atomic mass is 79.9. The summed E-state index contributed by atoms with van der Waals surface area (Å²) in [6.07, 6.45) is 0. The third-order valence-electron chi connectivity index (χ3n) is 3.92. The summed E-state index contributed by atoms with van der Waals surface area (Å²) in [6.45, 7) is 0.730. The monoisotopic (exact) mass is 463 g/mol. The molecule has 28 heavy (non-hydrogen) atoms. The molecule has 1 amide bonds. The fraction of sp³-hybridized carbons (Fsp3) is 0.200. The number of thiazole rings is 1. The van der Waals surface area contributed by atoms with E-state index in [1.54, 1.807) is 7.11 Å². The van der Waals surface area contributed by atoms with E-state index >= 15 is 0 Å². The van der Waals surface area contributed by atoms with E-state index in [1.807, 2.05) is 35.5 Å². The van der Waals surface area contributed by atoms with E-state index in [9.17, 15) is 9.18 Å². The van der Waals surface area contributed by atoms with Crippen molar-refractivity contribution in [1.29, 1.82) is 0 Å². The zero-order valence-corrected chi connectivity index (χ0v) is 17.8. The number of rotatable bonds is 7. The van der Waals surface area contributed by atoms with Gasteiger partial charge in [-0.1, -0.05) is 15.9 Å². The molecule has 2 aromatic carbocycles. The molecule has 0 saturated carbocycles. The van der Waals surface area contributed by atoms with Crippen LogP contribution in [0.3, 0.4) is 0 Å². The number of amides is 1. The van der Waals surface area contributed by atoms with Crippen molar-refractivity contribution in [3.8, 4) is 16.3 Å². The van der Waals surface area contributed by atoms with E-state index < -0.39 is 0 Å². The second-order valence-corrected chi connectivity index (χ2v) is 7.99. The number of likely N-dealkylation sites (N-methyl/N-ethyl adjacent to an activating group) is 1. The SMILES string of the molecule is COc1ccc(Br)cc1-c1nc(CN(C)CC(=O)Nc2ccc(F)cc2)cs1. The van der Waals surface area contributed by atoms with Crippen molar-refractivity contribution >= 4 is 38.9 Å². The van der Waals surface area contributed by atoms with Crippen LogP contribution in [0.15, 0.2) is 52.3 Å². The lowest BCUT2D eigenvalue weighted by Gasteiger charge is -2.15. The molecule has 0 spiro atoms. The highest BCUT2D eigenvalue weighted by molar-refractivity contribution is 9.10. The van der Waals surface area contributed by atoms with Gasteiger partial charge in [-0.05, 0) is 49.5 Å². The number of carbonyl (C=O) groups is 1. The molecule has 3 rings (SSSR count). The first-order valence-electron chi connectivity index (χ1n) is 8.47. The van der Waals surface area contributed by atoms with Gasteiger partial charge in [-0.3, -0.25) is 9.69 Å². The number of halogens is 2. The van der Waals surface area contributed by atoms with Crippen LogP contribution < -0.4 is 10.1 Å². The fourth-order valence-corrected chi connectivity index (χ4v) is 3.85. The molecule has 0 unspecified atom stereocenters. The van der Waals surface area contributed by atoms with Crippen LogP contribution in [-0.4, -0.2) is 36.5 Å². The normalized spacial score (nSPS) is 10.9. The van der Waals surface area contributed by atoms with E-state index in [0.717, 1.165) is 26.5 Å². The van der Waals surface area contributed by atoms with Crippen molar-refractivity contribution in [1.82, 2.24) is 9.88 Å².